The number of methoxy groups -OCH3 is 2. The molecule has 15 heavy (non-hydrogen) atoms. The van der Waals surface area contributed by atoms with Gasteiger partial charge in [0.2, 0.25) is 0 Å². The normalized spacial score (nSPS) is 11.3. The Balaban J connectivity index is 3.84. The Bertz CT molecular complexity index is 225. The van der Waals surface area contributed by atoms with Gasteiger partial charge in [-0.15, -0.1) is 0 Å². The number of hydrogen-bond acceptors (Lipinski definition) is 6. The molecule has 0 aromatic rings. The van der Waals surface area contributed by atoms with E-state index < -0.39 is 18.2 Å². The van der Waals surface area contributed by atoms with E-state index in [0.717, 1.165) is 0 Å². The summed E-state index contributed by atoms with van der Waals surface area (Å²) >= 11 is 0. The van der Waals surface area contributed by atoms with Crippen molar-refractivity contribution in [2.24, 2.45) is 0 Å². The number of esters is 1. The minimum atomic E-state index is -0.939. The molecule has 0 amide bonds. The van der Waals surface area contributed by atoms with Gasteiger partial charge < -0.3 is 18.9 Å². The van der Waals surface area contributed by atoms with Gasteiger partial charge in [0, 0.05) is 7.11 Å². The number of rotatable bonds is 6. The fourth-order valence-electron chi connectivity index (χ4n) is 0.676. The fourth-order valence-corrected chi connectivity index (χ4v) is 0.676. The van der Waals surface area contributed by atoms with Crippen LogP contribution < -0.4 is 0 Å². The second kappa shape index (κ2) is 7.81. The minimum absolute atomic E-state index is 0.0503. The van der Waals surface area contributed by atoms with Crippen molar-refractivity contribution in [1.82, 2.24) is 0 Å². The van der Waals surface area contributed by atoms with Crippen molar-refractivity contribution in [3.05, 3.63) is 12.7 Å². The molecule has 1 atom stereocenters. The summed E-state index contributed by atoms with van der Waals surface area (Å²) in [4.78, 5) is 21.8. The third-order valence-electron chi connectivity index (χ3n) is 1.42. The molecule has 0 N–H and O–H groups in total. The number of hydrogen-bond donors (Lipinski definition) is 0. The van der Waals surface area contributed by atoms with Gasteiger partial charge in [0.15, 0.2) is 6.10 Å². The number of carbonyl (C=O) groups is 2. The first-order valence-electron chi connectivity index (χ1n) is 4.16. The zero-order valence-electron chi connectivity index (χ0n) is 8.73. The molecule has 86 valence electrons. The zero-order chi connectivity index (χ0) is 11.7. The predicted molar refractivity (Wildman–Crippen MR) is 50.3 cm³/mol. The van der Waals surface area contributed by atoms with Crippen LogP contribution in [0, 0.1) is 0 Å². The third kappa shape index (κ3) is 5.69. The maximum Gasteiger partial charge on any atom is 0.508 e. The smallest absolute Gasteiger partial charge is 0.467 e. The summed E-state index contributed by atoms with van der Waals surface area (Å²) in [6.45, 7) is 3.15. The molecule has 0 saturated carbocycles. The lowest BCUT2D eigenvalue weighted by atomic mass is 10.4. The van der Waals surface area contributed by atoms with Crippen LogP contribution in [-0.4, -0.2) is 45.7 Å². The topological polar surface area (TPSA) is 71.1 Å². The van der Waals surface area contributed by atoms with E-state index in [1.807, 2.05) is 0 Å². The van der Waals surface area contributed by atoms with Crippen LogP contribution in [0.5, 0.6) is 0 Å². The van der Waals surface area contributed by atoms with Crippen LogP contribution in [-0.2, 0) is 23.7 Å². The Morgan fingerprint density at radius 2 is 2.00 bits per heavy atom. The van der Waals surface area contributed by atoms with Crippen molar-refractivity contribution in [2.75, 3.05) is 27.4 Å². The van der Waals surface area contributed by atoms with Gasteiger partial charge in [-0.3, -0.25) is 0 Å². The summed E-state index contributed by atoms with van der Waals surface area (Å²) in [5, 5.41) is 0. The fraction of sp³-hybridized carbons (Fsp3) is 0.556. The van der Waals surface area contributed by atoms with E-state index in [4.69, 9.17) is 4.74 Å². The Kier molecular flexibility index (Phi) is 7.00. The minimum Gasteiger partial charge on any atom is -0.467 e. The second-order valence-corrected chi connectivity index (χ2v) is 2.41. The van der Waals surface area contributed by atoms with Crippen molar-refractivity contribution in [1.29, 1.82) is 0 Å². The average molecular weight is 218 g/mol. The molecule has 0 bridgehead atoms. The monoisotopic (exact) mass is 218 g/mol. The van der Waals surface area contributed by atoms with Gasteiger partial charge >= 0.3 is 12.1 Å². The van der Waals surface area contributed by atoms with Crippen LogP contribution in [0.3, 0.4) is 0 Å². The highest BCUT2D eigenvalue weighted by Gasteiger charge is 2.20. The molecular weight excluding hydrogens is 204 g/mol. The highest BCUT2D eigenvalue weighted by molar-refractivity contribution is 5.75. The molecular formula is C9H14O6. The van der Waals surface area contributed by atoms with Crippen LogP contribution in [0.4, 0.5) is 4.79 Å². The Morgan fingerprint density at radius 1 is 1.33 bits per heavy atom. The van der Waals surface area contributed by atoms with Gasteiger partial charge in [-0.1, -0.05) is 12.7 Å². The first-order valence-corrected chi connectivity index (χ1v) is 4.16. The highest BCUT2D eigenvalue weighted by atomic mass is 16.7. The molecule has 0 heterocycles. The van der Waals surface area contributed by atoms with Gasteiger partial charge in [-0.2, -0.15) is 0 Å². The van der Waals surface area contributed by atoms with Crippen molar-refractivity contribution >= 4 is 12.1 Å². The third-order valence-corrected chi connectivity index (χ3v) is 1.42. The maximum atomic E-state index is 11.0. The zero-order valence-corrected chi connectivity index (χ0v) is 8.73. The van der Waals surface area contributed by atoms with Gasteiger partial charge in [0.05, 0.1) is 7.11 Å². The lowest BCUT2D eigenvalue weighted by Crippen LogP contribution is -2.30. The summed E-state index contributed by atoms with van der Waals surface area (Å²) in [7, 11) is 2.52. The first-order chi connectivity index (χ1) is 7.15. The van der Waals surface area contributed by atoms with Crippen LogP contribution in [0.15, 0.2) is 12.7 Å². The predicted octanol–water partition coefficient (Wildman–Crippen LogP) is 0.514. The Labute approximate surface area is 87.7 Å². The summed E-state index contributed by atoms with van der Waals surface area (Å²) in [6, 6.07) is 0. The van der Waals surface area contributed by atoms with E-state index in [1.165, 1.54) is 20.3 Å². The molecule has 0 spiro atoms. The summed E-state index contributed by atoms with van der Waals surface area (Å²) in [5.41, 5.74) is 0. The van der Waals surface area contributed by atoms with Crippen molar-refractivity contribution in [2.45, 2.75) is 6.10 Å². The van der Waals surface area contributed by atoms with E-state index in [9.17, 15) is 9.59 Å². The largest absolute Gasteiger partial charge is 0.508 e. The van der Waals surface area contributed by atoms with Crippen molar-refractivity contribution in [3.8, 4) is 0 Å². The molecule has 6 nitrogen and oxygen atoms in total. The van der Waals surface area contributed by atoms with Gasteiger partial charge in [0.1, 0.15) is 13.2 Å². The van der Waals surface area contributed by atoms with Crippen LogP contribution in [0.1, 0.15) is 0 Å². The Hall–Kier alpha value is -1.56. The first kappa shape index (κ1) is 13.4. The molecule has 0 aliphatic carbocycles. The molecule has 6 heteroatoms. The van der Waals surface area contributed by atoms with Gasteiger partial charge in [0.25, 0.3) is 0 Å². The van der Waals surface area contributed by atoms with E-state index in [1.54, 1.807) is 0 Å². The standard InChI is InChI=1S/C9H14O6/c1-4-5-14-9(11)15-6-7(12-2)8(10)13-3/h4,7H,1,5-6H2,2-3H3. The molecule has 0 rings (SSSR count). The second-order valence-electron chi connectivity index (χ2n) is 2.41. The molecule has 0 saturated heterocycles. The quantitative estimate of drug-likeness (QED) is 0.478. The summed E-state index contributed by atoms with van der Waals surface area (Å²) in [6.07, 6.45) is -0.429. The van der Waals surface area contributed by atoms with E-state index >= 15 is 0 Å². The SMILES string of the molecule is C=CCOC(=O)OCC(OC)C(=O)OC. The molecule has 0 fully saturated rings. The molecule has 0 aliphatic rings. The average Bonchev–Trinajstić information content (AvgIpc) is 2.26. The molecule has 0 radical (unpaired) electrons. The molecule has 0 aromatic heterocycles. The number of ether oxygens (including phenoxy) is 4. The maximum absolute atomic E-state index is 11.0. The molecule has 0 aromatic carbocycles. The van der Waals surface area contributed by atoms with E-state index in [-0.39, 0.29) is 13.2 Å². The lowest BCUT2D eigenvalue weighted by molar-refractivity contribution is -0.154. The number of carbonyl (C=O) groups excluding carboxylic acids is 2. The summed E-state index contributed by atoms with van der Waals surface area (Å²) < 4.78 is 18.2. The lowest BCUT2D eigenvalue weighted by Gasteiger charge is -2.12. The van der Waals surface area contributed by atoms with Crippen molar-refractivity contribution < 1.29 is 28.5 Å². The Morgan fingerprint density at radius 3 is 2.47 bits per heavy atom. The van der Waals surface area contributed by atoms with Crippen LogP contribution in [0.25, 0.3) is 0 Å². The van der Waals surface area contributed by atoms with E-state index in [2.05, 4.69) is 20.8 Å². The van der Waals surface area contributed by atoms with Gasteiger partial charge in [-0.05, 0) is 0 Å². The van der Waals surface area contributed by atoms with Crippen molar-refractivity contribution in [3.63, 3.8) is 0 Å². The molecule has 0 aliphatic heterocycles. The summed E-state index contributed by atoms with van der Waals surface area (Å²) in [5.74, 6) is -0.617. The van der Waals surface area contributed by atoms with Crippen LogP contribution in [0.2, 0.25) is 0 Å². The van der Waals surface area contributed by atoms with Gasteiger partial charge in [-0.25, -0.2) is 9.59 Å². The highest BCUT2D eigenvalue weighted by Crippen LogP contribution is 1.96. The van der Waals surface area contributed by atoms with E-state index in [0.29, 0.717) is 0 Å². The van der Waals surface area contributed by atoms with Crippen LogP contribution >= 0.6 is 0 Å². The molecule has 1 unspecified atom stereocenters.